The van der Waals surface area contributed by atoms with Crippen molar-refractivity contribution >= 4 is 29.8 Å². The number of carbonyl (C=O) groups is 1. The lowest BCUT2D eigenvalue weighted by atomic mass is 10.2. The fraction of sp³-hybridized carbons (Fsp3) is 0.118. The highest BCUT2D eigenvalue weighted by molar-refractivity contribution is 5.85. The van der Waals surface area contributed by atoms with Crippen LogP contribution in [-0.2, 0) is 0 Å². The molecule has 0 fully saturated rings. The quantitative estimate of drug-likeness (QED) is 0.377. The summed E-state index contributed by atoms with van der Waals surface area (Å²) in [7, 11) is 2.62. The number of carbonyl (C=O) groups excluding carboxylic acids is 1. The van der Waals surface area contributed by atoms with Crippen molar-refractivity contribution in [2.45, 2.75) is 0 Å². The predicted molar refractivity (Wildman–Crippen MR) is 106 cm³/mol. The fourth-order valence-corrected chi connectivity index (χ4v) is 2.22. The first-order valence-electron chi connectivity index (χ1n) is 8.12. The molecule has 30 heavy (non-hydrogen) atoms. The van der Waals surface area contributed by atoms with Gasteiger partial charge in [0, 0.05) is 23.3 Å². The zero-order valence-electron chi connectivity index (χ0n) is 15.8. The van der Waals surface area contributed by atoms with Crippen LogP contribution in [0.3, 0.4) is 0 Å². The van der Waals surface area contributed by atoms with Crippen molar-refractivity contribution in [1.29, 1.82) is 0 Å². The first-order valence-corrected chi connectivity index (χ1v) is 8.12. The van der Waals surface area contributed by atoms with Crippen molar-refractivity contribution < 1.29 is 24.1 Å². The number of urea groups is 1. The molecule has 0 atom stereocenters. The van der Waals surface area contributed by atoms with Gasteiger partial charge in [0.2, 0.25) is 0 Å². The van der Waals surface area contributed by atoms with Crippen LogP contribution in [0.4, 0.5) is 16.2 Å². The van der Waals surface area contributed by atoms with E-state index < -0.39 is 15.9 Å². The van der Waals surface area contributed by atoms with Crippen molar-refractivity contribution in [3.8, 4) is 11.5 Å². The summed E-state index contributed by atoms with van der Waals surface area (Å²) in [6, 6.07) is 7.50. The maximum Gasteiger partial charge on any atom is 0.355 e. The van der Waals surface area contributed by atoms with E-state index in [0.29, 0.717) is 11.1 Å². The number of hydrazone groups is 2. The van der Waals surface area contributed by atoms with Crippen LogP contribution in [0, 0.1) is 20.2 Å². The van der Waals surface area contributed by atoms with Crippen molar-refractivity contribution in [1.82, 2.24) is 10.9 Å². The molecule has 0 saturated carbocycles. The average molecular weight is 416 g/mol. The summed E-state index contributed by atoms with van der Waals surface area (Å²) in [6.07, 6.45) is 2.39. The third-order valence-electron chi connectivity index (χ3n) is 3.56. The number of ether oxygens (including phenoxy) is 2. The van der Waals surface area contributed by atoms with Gasteiger partial charge in [-0.25, -0.2) is 15.6 Å². The van der Waals surface area contributed by atoms with Crippen molar-refractivity contribution in [3.63, 3.8) is 0 Å². The molecule has 0 aromatic heterocycles. The minimum Gasteiger partial charge on any atom is -0.490 e. The molecule has 0 spiro atoms. The summed E-state index contributed by atoms with van der Waals surface area (Å²) in [4.78, 5) is 32.4. The maximum atomic E-state index is 11.7. The highest BCUT2D eigenvalue weighted by atomic mass is 16.6. The van der Waals surface area contributed by atoms with E-state index in [1.807, 2.05) is 0 Å². The molecule has 0 saturated heterocycles. The van der Waals surface area contributed by atoms with E-state index in [4.69, 9.17) is 9.47 Å². The summed E-state index contributed by atoms with van der Waals surface area (Å²) < 4.78 is 9.78. The van der Waals surface area contributed by atoms with E-state index in [1.54, 1.807) is 0 Å². The standard InChI is InChI=1S/C17H16N6O7/c1-29-15-5-3-11(7-13(15)22(25)26)9-18-20-17(24)21-19-10-12-4-6-16(30-2)14(8-12)23(27)28/h3-10H,1-2H3,(H2,20,21,24). The van der Waals surface area contributed by atoms with Crippen LogP contribution < -0.4 is 20.3 Å². The van der Waals surface area contributed by atoms with Crippen molar-refractivity contribution in [3.05, 3.63) is 67.8 Å². The Bertz CT molecular complexity index is 942. The number of hydrogen-bond donors (Lipinski definition) is 2. The summed E-state index contributed by atoms with van der Waals surface area (Å²) >= 11 is 0. The van der Waals surface area contributed by atoms with Gasteiger partial charge in [-0.1, -0.05) is 0 Å². The van der Waals surface area contributed by atoms with Gasteiger partial charge in [-0.3, -0.25) is 20.2 Å². The molecule has 13 heteroatoms. The molecule has 0 heterocycles. The Labute approximate surface area is 169 Å². The normalized spacial score (nSPS) is 10.7. The topological polar surface area (TPSA) is 171 Å². The van der Waals surface area contributed by atoms with Gasteiger partial charge < -0.3 is 9.47 Å². The Morgan fingerprint density at radius 1 is 0.867 bits per heavy atom. The molecular formula is C17H16N6O7. The number of amides is 2. The van der Waals surface area contributed by atoms with Crippen LogP contribution in [0.15, 0.2) is 46.6 Å². The van der Waals surface area contributed by atoms with Gasteiger partial charge in [-0.05, 0) is 24.3 Å². The lowest BCUT2D eigenvalue weighted by Crippen LogP contribution is -2.28. The number of nitro benzene ring substituents is 2. The Kier molecular flexibility index (Phi) is 7.34. The molecule has 2 rings (SSSR count). The zero-order valence-corrected chi connectivity index (χ0v) is 15.8. The Morgan fingerprint density at radius 3 is 1.60 bits per heavy atom. The van der Waals surface area contributed by atoms with Crippen molar-refractivity contribution in [2.75, 3.05) is 14.2 Å². The second-order valence-electron chi connectivity index (χ2n) is 5.45. The van der Waals surface area contributed by atoms with Crippen LogP contribution in [0.25, 0.3) is 0 Å². The molecule has 0 bridgehead atoms. The van der Waals surface area contributed by atoms with Gasteiger partial charge in [0.05, 0.1) is 36.5 Å². The van der Waals surface area contributed by atoms with Crippen LogP contribution in [0.2, 0.25) is 0 Å². The summed E-state index contributed by atoms with van der Waals surface area (Å²) in [5, 5.41) is 29.3. The molecule has 0 aliphatic carbocycles. The fourth-order valence-electron chi connectivity index (χ4n) is 2.22. The van der Waals surface area contributed by atoms with Gasteiger partial charge in [0.15, 0.2) is 11.5 Å². The third kappa shape index (κ3) is 5.72. The summed E-state index contributed by atoms with van der Waals surface area (Å²) in [5.74, 6) is 0.187. The minimum absolute atomic E-state index is 0.0935. The molecule has 0 unspecified atom stereocenters. The molecule has 13 nitrogen and oxygen atoms in total. The molecule has 2 N–H and O–H groups in total. The predicted octanol–water partition coefficient (Wildman–Crippen LogP) is 2.19. The first kappa shape index (κ1) is 21.7. The minimum atomic E-state index is -0.798. The van der Waals surface area contributed by atoms with E-state index in [0.717, 1.165) is 0 Å². The summed E-state index contributed by atoms with van der Waals surface area (Å²) in [5.41, 5.74) is 4.46. The zero-order chi connectivity index (χ0) is 22.1. The van der Waals surface area contributed by atoms with E-state index >= 15 is 0 Å². The number of rotatable bonds is 8. The van der Waals surface area contributed by atoms with Gasteiger partial charge in [0.1, 0.15) is 0 Å². The lowest BCUT2D eigenvalue weighted by Gasteiger charge is -2.02. The molecule has 0 radical (unpaired) electrons. The lowest BCUT2D eigenvalue weighted by molar-refractivity contribution is -0.385. The van der Waals surface area contributed by atoms with Crippen LogP contribution in [-0.4, -0.2) is 42.5 Å². The molecule has 156 valence electrons. The number of methoxy groups -OCH3 is 2. The summed E-state index contributed by atoms with van der Waals surface area (Å²) in [6.45, 7) is 0. The highest BCUT2D eigenvalue weighted by Crippen LogP contribution is 2.27. The monoisotopic (exact) mass is 416 g/mol. The SMILES string of the molecule is COc1ccc(C=NNC(=O)NN=Cc2ccc(OC)c([N+](=O)[O-])c2)cc1[N+](=O)[O-]. The van der Waals surface area contributed by atoms with E-state index in [9.17, 15) is 25.0 Å². The maximum absolute atomic E-state index is 11.7. The van der Waals surface area contributed by atoms with Crippen LogP contribution in [0.5, 0.6) is 11.5 Å². The van der Waals surface area contributed by atoms with Crippen LogP contribution in [0.1, 0.15) is 11.1 Å². The Morgan fingerprint density at radius 2 is 1.27 bits per heavy atom. The Hall–Kier alpha value is -4.55. The number of nitro groups is 2. The first-order chi connectivity index (χ1) is 14.3. The molecule has 2 aromatic rings. The second-order valence-corrected chi connectivity index (χ2v) is 5.45. The number of hydrogen-bond acceptors (Lipinski definition) is 9. The van der Waals surface area contributed by atoms with E-state index in [-0.39, 0.29) is 22.9 Å². The largest absolute Gasteiger partial charge is 0.490 e. The smallest absolute Gasteiger partial charge is 0.355 e. The molecular weight excluding hydrogens is 400 g/mol. The third-order valence-corrected chi connectivity index (χ3v) is 3.56. The number of nitrogens with one attached hydrogen (secondary N) is 2. The molecule has 0 aliphatic rings. The number of benzene rings is 2. The second kappa shape index (κ2) is 10.1. The Balaban J connectivity index is 1.95. The van der Waals surface area contributed by atoms with E-state index in [2.05, 4.69) is 21.1 Å². The van der Waals surface area contributed by atoms with Gasteiger partial charge >= 0.3 is 17.4 Å². The molecule has 2 amide bonds. The van der Waals surface area contributed by atoms with Gasteiger partial charge in [-0.2, -0.15) is 10.2 Å². The van der Waals surface area contributed by atoms with Gasteiger partial charge in [0.25, 0.3) is 0 Å². The molecule has 0 aliphatic heterocycles. The average Bonchev–Trinajstić information content (AvgIpc) is 2.73. The van der Waals surface area contributed by atoms with E-state index in [1.165, 1.54) is 63.0 Å². The van der Waals surface area contributed by atoms with Gasteiger partial charge in [-0.15, -0.1) is 0 Å². The van der Waals surface area contributed by atoms with Crippen molar-refractivity contribution in [2.24, 2.45) is 10.2 Å². The number of nitrogens with zero attached hydrogens (tertiary/aromatic N) is 4. The highest BCUT2D eigenvalue weighted by Gasteiger charge is 2.15. The van der Waals surface area contributed by atoms with Crippen LogP contribution >= 0.6 is 0 Å². The molecule has 2 aromatic carbocycles.